The third-order valence-corrected chi connectivity index (χ3v) is 0. The van der Waals surface area contributed by atoms with Crippen molar-refractivity contribution in [3.05, 3.63) is 0 Å². The largest absolute Gasteiger partial charge is 0 e. The minimum Gasteiger partial charge on any atom is 0 e. The van der Waals surface area contributed by atoms with Crippen molar-refractivity contribution >= 4 is 48.3 Å². The van der Waals surface area contributed by atoms with E-state index in [-0.39, 0.29) is 48.4 Å². The van der Waals surface area contributed by atoms with Gasteiger partial charge in [0.15, 0.2) is 0 Å². The summed E-state index contributed by atoms with van der Waals surface area (Å²) in [6, 6.07) is 0. The van der Waals surface area contributed by atoms with E-state index in [9.17, 15) is 0 Å². The first-order valence-corrected chi connectivity index (χ1v) is 18.5. The molecular weight excluding hydrogens is 781 g/mol. The molecule has 0 aliphatic rings. The van der Waals surface area contributed by atoms with Gasteiger partial charge in [-0.15, -0.1) is 0 Å². The van der Waals surface area contributed by atoms with Crippen molar-refractivity contribution in [2.75, 3.05) is 0 Å². The van der Waals surface area contributed by atoms with E-state index < -0.39 is 0 Å². The molecule has 0 unspecified atom stereocenters. The smallest absolute Gasteiger partial charge is 0 e. The Bertz CT molecular complexity index is 8.00. The topological polar surface area (TPSA) is 0 Å². The normalized spacial score (nSPS) is 1.25. The summed E-state index contributed by atoms with van der Waals surface area (Å²) in [5.41, 5.74) is 0. The Hall–Kier alpha value is 3.23. The maximum atomic E-state index is 1.61. The second-order valence-corrected chi connectivity index (χ2v) is 0. The molecule has 0 fully saturated rings. The van der Waals surface area contributed by atoms with Gasteiger partial charge in [-0.25, -0.2) is 0 Å². The van der Waals surface area contributed by atoms with Gasteiger partial charge < -0.3 is 0 Å². The molecule has 2 radical (unpaired) electrons. The molecule has 0 N–H and O–H groups in total. The van der Waals surface area contributed by atoms with E-state index in [2.05, 4.69) is 0 Å². The molecular formula is H4BiPbTaW. The van der Waals surface area contributed by atoms with Crippen LogP contribution in [-0.4, -0.2) is 48.3 Å². The summed E-state index contributed by atoms with van der Waals surface area (Å²) in [4.78, 5) is 0. The Morgan fingerprint density at radius 3 is 1.25 bits per heavy atom. The van der Waals surface area contributed by atoms with E-state index in [4.69, 9.17) is 0 Å². The maximum Gasteiger partial charge on any atom is 0 e. The van der Waals surface area contributed by atoms with Crippen LogP contribution in [0.15, 0.2) is 0 Å². The fourth-order valence-electron chi connectivity index (χ4n) is 0. The molecule has 4 heteroatoms. The molecule has 0 amide bonds. The SMILES string of the molecule is [PbH2].[Ta][BiH2].[W]. The van der Waals surface area contributed by atoms with Crippen LogP contribution in [0.1, 0.15) is 0 Å². The Labute approximate surface area is 84.0 Å². The van der Waals surface area contributed by atoms with E-state index in [1.54, 1.807) is 16.7 Å². The Kier molecular flexibility index (Phi) is 64.0. The van der Waals surface area contributed by atoms with Gasteiger partial charge in [0.1, 0.15) is 0 Å². The zero-order valence-electron chi connectivity index (χ0n) is 2.14. The second kappa shape index (κ2) is 16.3. The summed E-state index contributed by atoms with van der Waals surface area (Å²) in [6.45, 7) is 0. The quantitative estimate of drug-likeness (QED) is 0.254. The molecule has 4 heavy (non-hydrogen) atoms. The van der Waals surface area contributed by atoms with Crippen molar-refractivity contribution in [3.63, 3.8) is 0 Å². The summed E-state index contributed by atoms with van der Waals surface area (Å²) >= 11 is 2.89. The van der Waals surface area contributed by atoms with Crippen LogP contribution >= 0.6 is 0 Å². The van der Waals surface area contributed by atoms with Gasteiger partial charge in [0.05, 0.1) is 0 Å². The molecule has 24 valence electrons. The Balaban J connectivity index is -0.00000000500. The Morgan fingerprint density at radius 1 is 1.25 bits per heavy atom. The minimum absolute atomic E-state index is 0. The average Bonchev–Trinajstić information content (AvgIpc) is 1.00. The van der Waals surface area contributed by atoms with Gasteiger partial charge >= 0.3 is 65.0 Å². The van der Waals surface area contributed by atoms with Crippen LogP contribution in [0.2, 0.25) is 0 Å². The van der Waals surface area contributed by atoms with Gasteiger partial charge in [0, 0.05) is 21.1 Å². The summed E-state index contributed by atoms with van der Waals surface area (Å²) in [5, 5.41) is 0. The Morgan fingerprint density at radius 2 is 1.25 bits per heavy atom. The van der Waals surface area contributed by atoms with Gasteiger partial charge in [0.2, 0.25) is 0 Å². The third-order valence-electron chi connectivity index (χ3n) is 0. The van der Waals surface area contributed by atoms with E-state index in [0.29, 0.717) is 0 Å². The molecule has 0 saturated heterocycles. The van der Waals surface area contributed by atoms with Crippen molar-refractivity contribution in [2.45, 2.75) is 0 Å². The summed E-state index contributed by atoms with van der Waals surface area (Å²) in [5.74, 6) is 0. The van der Waals surface area contributed by atoms with E-state index in [1.807, 2.05) is 0 Å². The zero-order chi connectivity index (χ0) is 2.00. The van der Waals surface area contributed by atoms with Gasteiger partial charge in [-0.3, -0.25) is 0 Å². The summed E-state index contributed by atoms with van der Waals surface area (Å²) < 4.78 is 0. The summed E-state index contributed by atoms with van der Waals surface area (Å²) in [7, 11) is 0. The van der Waals surface area contributed by atoms with E-state index >= 15 is 0 Å². The first kappa shape index (κ1) is 15.7. The molecule has 0 spiro atoms. The van der Waals surface area contributed by atoms with Crippen LogP contribution in [-0.2, 0) is 37.8 Å². The van der Waals surface area contributed by atoms with Crippen molar-refractivity contribution < 1.29 is 37.8 Å². The molecule has 0 nitrogen and oxygen atoms in total. The van der Waals surface area contributed by atoms with Crippen molar-refractivity contribution in [1.29, 1.82) is 0 Å². The fourth-order valence-corrected chi connectivity index (χ4v) is 0. The predicted octanol–water partition coefficient (Wildman–Crippen LogP) is -1.84. The standard InChI is InChI=1S/Bi.Pb.Ta.W.4H. The van der Waals surface area contributed by atoms with Crippen molar-refractivity contribution in [2.24, 2.45) is 0 Å². The molecule has 0 bridgehead atoms. The van der Waals surface area contributed by atoms with Crippen LogP contribution < -0.4 is 0 Å². The van der Waals surface area contributed by atoms with Crippen LogP contribution in [0.4, 0.5) is 0 Å². The van der Waals surface area contributed by atoms with Gasteiger partial charge in [0.25, 0.3) is 0 Å². The number of rotatable bonds is 0. The first-order chi connectivity index (χ1) is 1.00. The van der Waals surface area contributed by atoms with Crippen LogP contribution in [0.25, 0.3) is 0 Å². The second-order valence-electron chi connectivity index (χ2n) is 0. The van der Waals surface area contributed by atoms with E-state index in [1.165, 1.54) is 21.0 Å². The monoisotopic (exact) mass is 786 g/mol. The molecule has 0 aliphatic heterocycles. The average molecular weight is 785 g/mol. The third kappa shape index (κ3) is 8.97. The first-order valence-electron chi connectivity index (χ1n) is 0.258. The van der Waals surface area contributed by atoms with Crippen LogP contribution in [0.5, 0.6) is 0 Å². The van der Waals surface area contributed by atoms with Gasteiger partial charge in [-0.2, -0.15) is 0 Å². The van der Waals surface area contributed by atoms with E-state index in [0.717, 1.165) is 0 Å². The molecule has 0 aromatic carbocycles. The van der Waals surface area contributed by atoms with Crippen molar-refractivity contribution in [1.82, 2.24) is 0 Å². The minimum atomic E-state index is 0. The molecule has 0 aromatic heterocycles. The molecule has 0 rings (SSSR count). The molecule has 0 aromatic rings. The van der Waals surface area contributed by atoms with Crippen LogP contribution in [0.3, 0.4) is 0 Å². The fraction of sp³-hybridized carbons (Fsp3) is 0. The number of hydrogen-bond acceptors (Lipinski definition) is 0. The van der Waals surface area contributed by atoms with Crippen molar-refractivity contribution in [3.8, 4) is 0 Å². The maximum absolute atomic E-state index is 1.61. The van der Waals surface area contributed by atoms with Gasteiger partial charge in [-0.05, 0) is 0 Å². The molecule has 0 heterocycles. The van der Waals surface area contributed by atoms with Crippen LogP contribution in [0, 0.1) is 0 Å². The zero-order valence-corrected chi connectivity index (χ0v) is 18.3. The number of hydrogen-bond donors (Lipinski definition) is 0. The molecule has 0 saturated carbocycles. The summed E-state index contributed by atoms with van der Waals surface area (Å²) in [6.07, 6.45) is 0. The molecule has 0 aliphatic carbocycles. The van der Waals surface area contributed by atoms with Gasteiger partial charge in [-0.1, -0.05) is 0 Å². The predicted molar refractivity (Wildman–Crippen MR) is 17.1 cm³/mol. The molecule has 0 atom stereocenters.